The summed E-state index contributed by atoms with van der Waals surface area (Å²) >= 11 is 13.0. The molecule has 29 heavy (non-hydrogen) atoms. The Hall–Kier alpha value is -0.811. The van der Waals surface area contributed by atoms with Crippen LogP contribution >= 0.6 is 22.6 Å². The van der Waals surface area contributed by atoms with E-state index in [1.54, 1.807) is 0 Å². The number of halogens is 1. The molecule has 163 valence electrons. The van der Waals surface area contributed by atoms with E-state index < -0.39 is 0 Å². The summed E-state index contributed by atoms with van der Waals surface area (Å²) in [5.41, 5.74) is 2.15. The van der Waals surface area contributed by atoms with Gasteiger partial charge in [0.2, 0.25) is 0 Å². The minimum absolute atomic E-state index is 0. The second-order valence-electron chi connectivity index (χ2n) is 5.75. The van der Waals surface area contributed by atoms with Crippen LogP contribution in [0.25, 0.3) is 0 Å². The summed E-state index contributed by atoms with van der Waals surface area (Å²) in [6.07, 6.45) is 0. The topological polar surface area (TPSA) is 55.9 Å². The average Bonchev–Trinajstić information content (AvgIpc) is 2.69. The van der Waals surface area contributed by atoms with Gasteiger partial charge < -0.3 is 35.1 Å². The zero-order valence-electron chi connectivity index (χ0n) is 17.3. The van der Waals surface area contributed by atoms with Crippen molar-refractivity contribution < 1.29 is 17.1 Å². The molecule has 0 unspecified atom stereocenters. The van der Waals surface area contributed by atoms with Crippen molar-refractivity contribution in [3.8, 4) is 0 Å². The standard InChI is InChI=1S/C19H29IN6S2.Cu/c1-6-25(7-2)18(27)23-21-14(5)17(15-10-12-16(20)13-11-15)22-24-19(28)26(8-3)9-4;/h10-13H,6-9H2,1-5H3,(H,23,27)(H,24,28);/q;+2/p-2. The monoisotopic (exact) mass is 593 g/mol. The fourth-order valence-electron chi connectivity index (χ4n) is 2.32. The van der Waals surface area contributed by atoms with Gasteiger partial charge in [-0.3, -0.25) is 0 Å². The van der Waals surface area contributed by atoms with Gasteiger partial charge in [0.25, 0.3) is 0 Å². The van der Waals surface area contributed by atoms with E-state index >= 15 is 0 Å². The number of nitrogens with zero attached hydrogens (tertiary/aromatic N) is 6. The van der Waals surface area contributed by atoms with E-state index in [2.05, 4.69) is 43.0 Å². The second-order valence-corrected chi connectivity index (χ2v) is 7.73. The smallest absolute Gasteiger partial charge is 0.741 e. The van der Waals surface area contributed by atoms with Gasteiger partial charge in [-0.1, -0.05) is 12.1 Å². The predicted molar refractivity (Wildman–Crippen MR) is 134 cm³/mol. The summed E-state index contributed by atoms with van der Waals surface area (Å²) in [5, 5.41) is 18.1. The van der Waals surface area contributed by atoms with Crippen LogP contribution in [0.2, 0.25) is 0 Å². The third-order valence-electron chi connectivity index (χ3n) is 4.05. The van der Waals surface area contributed by atoms with Gasteiger partial charge in [0, 0.05) is 45.6 Å². The normalized spacial score (nSPS) is 13.2. The Morgan fingerprint density at radius 1 is 0.793 bits per heavy atom. The summed E-state index contributed by atoms with van der Waals surface area (Å²) < 4.78 is 1.14. The Bertz CT molecular complexity index is 742. The number of hydrogen-bond acceptors (Lipinski definition) is 6. The number of hydrogen-bond donors (Lipinski definition) is 0. The maximum Gasteiger partial charge on any atom is 2.00 e. The molecule has 1 radical (unpaired) electrons. The molecule has 0 aliphatic heterocycles. The SMILES string of the molecule is CCN(CC)C([S-])=NN=C(C)C(=NN=C([S-])N(CC)CC)c1ccc(I)cc1.[Cu+2]. The van der Waals surface area contributed by atoms with Crippen molar-refractivity contribution in [1.29, 1.82) is 0 Å². The zero-order valence-corrected chi connectivity index (χ0v) is 22.0. The summed E-state index contributed by atoms with van der Waals surface area (Å²) in [7, 11) is 0. The van der Waals surface area contributed by atoms with Gasteiger partial charge >= 0.3 is 17.1 Å². The van der Waals surface area contributed by atoms with Crippen molar-refractivity contribution >= 4 is 69.6 Å². The van der Waals surface area contributed by atoms with Gasteiger partial charge in [0.05, 0.1) is 5.71 Å². The van der Waals surface area contributed by atoms with Crippen LogP contribution in [-0.4, -0.2) is 57.7 Å². The van der Waals surface area contributed by atoms with Crippen molar-refractivity contribution in [1.82, 2.24) is 9.80 Å². The molecule has 6 nitrogen and oxygen atoms in total. The van der Waals surface area contributed by atoms with Gasteiger partial charge in [0.15, 0.2) is 0 Å². The van der Waals surface area contributed by atoms with Crippen molar-refractivity contribution in [2.45, 2.75) is 34.6 Å². The summed E-state index contributed by atoms with van der Waals surface area (Å²) in [5.74, 6) is 0. The van der Waals surface area contributed by atoms with Gasteiger partial charge in [-0.25, -0.2) is 0 Å². The first-order chi connectivity index (χ1) is 13.4. The van der Waals surface area contributed by atoms with Gasteiger partial charge in [-0.15, -0.1) is 5.10 Å². The van der Waals surface area contributed by atoms with E-state index in [1.807, 2.05) is 68.7 Å². The van der Waals surface area contributed by atoms with E-state index in [0.29, 0.717) is 21.8 Å². The van der Waals surface area contributed by atoms with E-state index in [1.165, 1.54) is 0 Å². The van der Waals surface area contributed by atoms with Gasteiger partial charge in [0.1, 0.15) is 5.71 Å². The largest absolute Gasteiger partial charge is 2.00 e. The quantitative estimate of drug-likeness (QED) is 0.115. The Labute approximate surface area is 209 Å². The minimum atomic E-state index is 0. The van der Waals surface area contributed by atoms with Crippen LogP contribution in [0.3, 0.4) is 0 Å². The van der Waals surface area contributed by atoms with Crippen molar-refractivity contribution in [2.24, 2.45) is 20.4 Å². The summed E-state index contributed by atoms with van der Waals surface area (Å²) in [6.45, 7) is 13.1. The third-order valence-corrected chi connectivity index (χ3v) is 5.45. The molecule has 0 N–H and O–H groups in total. The Kier molecular flexibility index (Phi) is 14.6. The second kappa shape index (κ2) is 15.1. The van der Waals surface area contributed by atoms with Crippen molar-refractivity contribution in [3.63, 3.8) is 0 Å². The molecular formula is C19H27CuIN6S2. The molecule has 0 aromatic heterocycles. The maximum absolute atomic E-state index is 5.38. The Morgan fingerprint density at radius 2 is 1.21 bits per heavy atom. The zero-order chi connectivity index (χ0) is 21.1. The van der Waals surface area contributed by atoms with Crippen LogP contribution in [0.5, 0.6) is 0 Å². The van der Waals surface area contributed by atoms with Crippen molar-refractivity contribution in [2.75, 3.05) is 26.2 Å². The molecular weight excluding hydrogens is 567 g/mol. The molecule has 0 saturated heterocycles. The summed E-state index contributed by atoms with van der Waals surface area (Å²) in [6, 6.07) is 7.99. The van der Waals surface area contributed by atoms with Crippen LogP contribution in [0.4, 0.5) is 0 Å². The van der Waals surface area contributed by atoms with E-state index in [9.17, 15) is 0 Å². The van der Waals surface area contributed by atoms with Crippen molar-refractivity contribution in [3.05, 3.63) is 33.4 Å². The van der Waals surface area contributed by atoms with Crippen LogP contribution < -0.4 is 0 Å². The van der Waals surface area contributed by atoms with Crippen LogP contribution in [0.1, 0.15) is 40.2 Å². The molecule has 1 rings (SSSR count). The van der Waals surface area contributed by atoms with Crippen LogP contribution in [-0.2, 0) is 42.3 Å². The average molecular weight is 594 g/mol. The number of amidine groups is 2. The molecule has 0 saturated carbocycles. The molecule has 0 spiro atoms. The van der Waals surface area contributed by atoms with Gasteiger partial charge in [-0.05, 0) is 69.3 Å². The molecule has 0 aliphatic carbocycles. The number of rotatable bonds is 8. The molecule has 0 heterocycles. The summed E-state index contributed by atoms with van der Waals surface area (Å²) in [4.78, 5) is 3.93. The van der Waals surface area contributed by atoms with Crippen LogP contribution in [0.15, 0.2) is 44.7 Å². The predicted octanol–water partition coefficient (Wildman–Crippen LogP) is 3.86. The fraction of sp³-hybridized carbons (Fsp3) is 0.474. The first kappa shape index (κ1) is 28.2. The minimum Gasteiger partial charge on any atom is -0.741 e. The van der Waals surface area contributed by atoms with Crippen LogP contribution in [0, 0.1) is 3.57 Å². The molecule has 0 fully saturated rings. The Balaban J connectivity index is 0.00000784. The molecule has 1 aromatic carbocycles. The molecule has 10 heteroatoms. The van der Waals surface area contributed by atoms with E-state index in [-0.39, 0.29) is 17.1 Å². The molecule has 1 aromatic rings. The first-order valence-corrected chi connectivity index (χ1v) is 11.1. The van der Waals surface area contributed by atoms with E-state index in [0.717, 1.165) is 35.3 Å². The molecule has 0 amide bonds. The first-order valence-electron chi connectivity index (χ1n) is 9.25. The van der Waals surface area contributed by atoms with Gasteiger partial charge in [-0.2, -0.15) is 15.3 Å². The fourth-order valence-corrected chi connectivity index (χ4v) is 3.28. The maximum atomic E-state index is 5.38. The molecule has 0 bridgehead atoms. The number of benzene rings is 1. The molecule has 0 atom stereocenters. The Morgan fingerprint density at radius 3 is 1.62 bits per heavy atom. The van der Waals surface area contributed by atoms with E-state index in [4.69, 9.17) is 25.3 Å². The third kappa shape index (κ3) is 9.25. The molecule has 0 aliphatic rings.